The van der Waals surface area contributed by atoms with Crippen molar-refractivity contribution in [3.63, 3.8) is 0 Å². The average Bonchev–Trinajstić information content (AvgIpc) is 2.29. The first-order chi connectivity index (χ1) is 7.65. The number of hydrogen-bond donors (Lipinski definition) is 1. The lowest BCUT2D eigenvalue weighted by molar-refractivity contribution is -0.384. The van der Waals surface area contributed by atoms with Gasteiger partial charge < -0.3 is 5.32 Å². The molecule has 0 aromatic heterocycles. The lowest BCUT2D eigenvalue weighted by Crippen LogP contribution is -2.19. The van der Waals surface area contributed by atoms with Crippen LogP contribution in [0.2, 0.25) is 0 Å². The Kier molecular flexibility index (Phi) is 4.66. The van der Waals surface area contributed by atoms with Crippen LogP contribution in [-0.2, 0) is 0 Å². The summed E-state index contributed by atoms with van der Waals surface area (Å²) in [4.78, 5) is 10.1. The largest absolute Gasteiger partial charge is 0.310 e. The van der Waals surface area contributed by atoms with Gasteiger partial charge in [0.2, 0.25) is 0 Å². The van der Waals surface area contributed by atoms with Gasteiger partial charge in [-0.15, -0.1) is 6.58 Å². The molecule has 0 aliphatic rings. The fraction of sp³-hybridized carbons (Fsp3) is 0.333. The molecule has 1 aromatic rings. The van der Waals surface area contributed by atoms with E-state index in [9.17, 15) is 10.1 Å². The van der Waals surface area contributed by atoms with Gasteiger partial charge in [-0.25, -0.2) is 0 Å². The normalized spacial score (nSPS) is 12.1. The maximum atomic E-state index is 10.5. The summed E-state index contributed by atoms with van der Waals surface area (Å²) in [7, 11) is 0. The van der Waals surface area contributed by atoms with Crippen molar-refractivity contribution in [3.8, 4) is 0 Å². The minimum atomic E-state index is -0.389. The fourth-order valence-corrected chi connectivity index (χ4v) is 1.40. The van der Waals surface area contributed by atoms with Gasteiger partial charge in [-0.2, -0.15) is 0 Å². The standard InChI is InChI=1S/C12H16N2O2/c1-3-4-9-13-10(2)11-5-7-12(8-6-11)14(15)16/h3,5-8,10,13H,1,4,9H2,2H3. The molecule has 86 valence electrons. The SMILES string of the molecule is C=CCCNC(C)c1ccc([N+](=O)[O-])cc1. The van der Waals surface area contributed by atoms with Crippen LogP contribution in [0.3, 0.4) is 0 Å². The topological polar surface area (TPSA) is 55.2 Å². The number of rotatable bonds is 6. The van der Waals surface area contributed by atoms with Crippen LogP contribution in [0.4, 0.5) is 5.69 Å². The number of nitrogens with zero attached hydrogens (tertiary/aromatic N) is 1. The van der Waals surface area contributed by atoms with Gasteiger partial charge in [0.1, 0.15) is 0 Å². The van der Waals surface area contributed by atoms with E-state index < -0.39 is 0 Å². The van der Waals surface area contributed by atoms with E-state index in [-0.39, 0.29) is 16.7 Å². The van der Waals surface area contributed by atoms with E-state index in [1.165, 1.54) is 12.1 Å². The molecular formula is C12H16N2O2. The van der Waals surface area contributed by atoms with E-state index in [1.54, 1.807) is 12.1 Å². The van der Waals surface area contributed by atoms with Gasteiger partial charge in [0.05, 0.1) is 4.92 Å². The van der Waals surface area contributed by atoms with Crippen molar-refractivity contribution in [2.75, 3.05) is 6.54 Å². The van der Waals surface area contributed by atoms with Crippen LogP contribution >= 0.6 is 0 Å². The Morgan fingerprint density at radius 1 is 1.50 bits per heavy atom. The molecule has 16 heavy (non-hydrogen) atoms. The van der Waals surface area contributed by atoms with Gasteiger partial charge in [0, 0.05) is 18.2 Å². The minimum absolute atomic E-state index is 0.127. The number of non-ortho nitro benzene ring substituents is 1. The lowest BCUT2D eigenvalue weighted by atomic mass is 10.1. The van der Waals surface area contributed by atoms with Crippen LogP contribution in [0.1, 0.15) is 24.9 Å². The van der Waals surface area contributed by atoms with Crippen LogP contribution in [0, 0.1) is 10.1 Å². The van der Waals surface area contributed by atoms with Crippen molar-refractivity contribution in [2.24, 2.45) is 0 Å². The number of nitro benzene ring substituents is 1. The molecule has 0 spiro atoms. The summed E-state index contributed by atoms with van der Waals surface area (Å²) in [6.07, 6.45) is 2.77. The predicted molar refractivity (Wildman–Crippen MR) is 64.3 cm³/mol. The summed E-state index contributed by atoms with van der Waals surface area (Å²) in [6, 6.07) is 6.82. The van der Waals surface area contributed by atoms with E-state index in [2.05, 4.69) is 11.9 Å². The highest BCUT2D eigenvalue weighted by atomic mass is 16.6. The fourth-order valence-electron chi connectivity index (χ4n) is 1.40. The summed E-state index contributed by atoms with van der Waals surface area (Å²) in [5, 5.41) is 13.8. The van der Waals surface area contributed by atoms with E-state index in [1.807, 2.05) is 13.0 Å². The monoisotopic (exact) mass is 220 g/mol. The highest BCUT2D eigenvalue weighted by Crippen LogP contribution is 2.17. The molecule has 0 saturated carbocycles. The van der Waals surface area contributed by atoms with E-state index in [0.717, 1.165) is 18.5 Å². The third kappa shape index (κ3) is 3.47. The molecule has 4 nitrogen and oxygen atoms in total. The van der Waals surface area contributed by atoms with Crippen molar-refractivity contribution < 1.29 is 4.92 Å². The number of nitro groups is 1. The van der Waals surface area contributed by atoms with Crippen LogP contribution in [0.15, 0.2) is 36.9 Å². The van der Waals surface area contributed by atoms with Crippen molar-refractivity contribution >= 4 is 5.69 Å². The summed E-state index contributed by atoms with van der Waals surface area (Å²) in [5.74, 6) is 0. The summed E-state index contributed by atoms with van der Waals surface area (Å²) >= 11 is 0. The summed E-state index contributed by atoms with van der Waals surface area (Å²) in [6.45, 7) is 6.54. The van der Waals surface area contributed by atoms with E-state index in [0.29, 0.717) is 0 Å². The number of hydrogen-bond acceptors (Lipinski definition) is 3. The van der Waals surface area contributed by atoms with Crippen molar-refractivity contribution in [1.29, 1.82) is 0 Å². The zero-order valence-corrected chi connectivity index (χ0v) is 9.35. The van der Waals surface area contributed by atoms with Crippen LogP contribution in [0.25, 0.3) is 0 Å². The Morgan fingerprint density at radius 2 is 2.12 bits per heavy atom. The quantitative estimate of drug-likeness (QED) is 0.347. The first-order valence-electron chi connectivity index (χ1n) is 5.23. The van der Waals surface area contributed by atoms with Crippen molar-refractivity contribution in [2.45, 2.75) is 19.4 Å². The molecule has 0 bridgehead atoms. The van der Waals surface area contributed by atoms with Crippen LogP contribution in [0.5, 0.6) is 0 Å². The first-order valence-corrected chi connectivity index (χ1v) is 5.23. The molecule has 0 fully saturated rings. The summed E-state index contributed by atoms with van der Waals surface area (Å²) in [5.41, 5.74) is 1.18. The molecule has 1 atom stereocenters. The second-order valence-corrected chi connectivity index (χ2v) is 3.60. The number of benzene rings is 1. The van der Waals surface area contributed by atoms with E-state index >= 15 is 0 Å². The maximum Gasteiger partial charge on any atom is 0.269 e. The molecular weight excluding hydrogens is 204 g/mol. The van der Waals surface area contributed by atoms with Crippen molar-refractivity contribution in [3.05, 3.63) is 52.6 Å². The molecule has 0 aliphatic heterocycles. The molecule has 1 N–H and O–H groups in total. The second-order valence-electron chi connectivity index (χ2n) is 3.60. The third-order valence-corrected chi connectivity index (χ3v) is 2.40. The summed E-state index contributed by atoms with van der Waals surface area (Å²) < 4.78 is 0. The Bertz CT molecular complexity index is 360. The highest BCUT2D eigenvalue weighted by molar-refractivity contribution is 5.33. The molecule has 0 heterocycles. The Morgan fingerprint density at radius 3 is 2.62 bits per heavy atom. The molecule has 0 aliphatic carbocycles. The molecule has 1 aromatic carbocycles. The third-order valence-electron chi connectivity index (χ3n) is 2.40. The van der Waals surface area contributed by atoms with Gasteiger partial charge in [0.25, 0.3) is 5.69 Å². The molecule has 1 unspecified atom stereocenters. The zero-order valence-electron chi connectivity index (χ0n) is 9.35. The number of nitrogens with one attached hydrogen (secondary N) is 1. The smallest absolute Gasteiger partial charge is 0.269 e. The van der Waals surface area contributed by atoms with Gasteiger partial charge in [-0.3, -0.25) is 10.1 Å². The molecule has 0 amide bonds. The maximum absolute atomic E-state index is 10.5. The Labute approximate surface area is 95.1 Å². The van der Waals surface area contributed by atoms with Gasteiger partial charge in [0.15, 0.2) is 0 Å². The second kappa shape index (κ2) is 6.02. The Hall–Kier alpha value is -1.68. The highest BCUT2D eigenvalue weighted by Gasteiger charge is 2.07. The van der Waals surface area contributed by atoms with Crippen LogP contribution < -0.4 is 5.32 Å². The minimum Gasteiger partial charge on any atom is -0.310 e. The van der Waals surface area contributed by atoms with Gasteiger partial charge >= 0.3 is 0 Å². The van der Waals surface area contributed by atoms with Crippen LogP contribution in [-0.4, -0.2) is 11.5 Å². The molecule has 1 rings (SSSR count). The molecule has 4 heteroatoms. The first kappa shape index (κ1) is 12.4. The van der Waals surface area contributed by atoms with E-state index in [4.69, 9.17) is 0 Å². The van der Waals surface area contributed by atoms with Gasteiger partial charge in [-0.05, 0) is 25.5 Å². The lowest BCUT2D eigenvalue weighted by Gasteiger charge is -2.13. The van der Waals surface area contributed by atoms with Crippen molar-refractivity contribution in [1.82, 2.24) is 5.32 Å². The zero-order chi connectivity index (χ0) is 12.0. The molecule has 0 saturated heterocycles. The molecule has 0 radical (unpaired) electrons. The van der Waals surface area contributed by atoms with Gasteiger partial charge in [-0.1, -0.05) is 18.2 Å². The predicted octanol–water partition coefficient (Wildman–Crippen LogP) is 2.82. The Balaban J connectivity index is 2.59. The average molecular weight is 220 g/mol.